The van der Waals surface area contributed by atoms with Crippen LogP contribution in [0.1, 0.15) is 17.3 Å². The molecule has 2 rings (SSSR count). The maximum atomic E-state index is 13.2. The van der Waals surface area contributed by atoms with Gasteiger partial charge in [-0.25, -0.2) is 4.39 Å². The lowest BCUT2D eigenvalue weighted by molar-refractivity contribution is -0.138. The second-order valence-corrected chi connectivity index (χ2v) is 4.25. The number of carbonyl (C=O) groups excluding carboxylic acids is 3. The maximum Gasteiger partial charge on any atom is 0.257 e. The predicted octanol–water partition coefficient (Wildman–Crippen LogP) is -0.105. The van der Waals surface area contributed by atoms with Crippen LogP contribution in [0.5, 0.6) is 0 Å². The third-order valence-corrected chi connectivity index (χ3v) is 2.93. The monoisotopic (exact) mass is 265 g/mol. The topological polar surface area (TPSA) is 92.5 Å². The minimum atomic E-state index is -0.812. The van der Waals surface area contributed by atoms with Crippen molar-refractivity contribution in [3.05, 3.63) is 29.6 Å². The Morgan fingerprint density at radius 3 is 2.84 bits per heavy atom. The van der Waals surface area contributed by atoms with Gasteiger partial charge in [-0.05, 0) is 25.1 Å². The van der Waals surface area contributed by atoms with Gasteiger partial charge in [0.15, 0.2) is 0 Å². The number of anilines is 1. The van der Waals surface area contributed by atoms with Crippen molar-refractivity contribution >= 4 is 23.4 Å². The lowest BCUT2D eigenvalue weighted by Crippen LogP contribution is -2.58. The number of halogens is 1. The van der Waals surface area contributed by atoms with Crippen LogP contribution in [0.4, 0.5) is 10.1 Å². The van der Waals surface area contributed by atoms with Crippen LogP contribution in [-0.4, -0.2) is 35.2 Å². The number of benzene rings is 1. The normalized spacial score (nSPS) is 19.3. The molecule has 0 aliphatic carbocycles. The molecule has 0 spiro atoms. The molecule has 1 aromatic rings. The van der Waals surface area contributed by atoms with E-state index in [2.05, 4.69) is 5.32 Å². The fourth-order valence-corrected chi connectivity index (χ4v) is 1.83. The standard InChI is InChI=1S/C12H12FN3O3/c1-6-11(18)15-10(17)5-16(6)12(19)8-4-7(13)2-3-9(8)14/h2-4,6H,5,14H2,1H3,(H,15,17,18). The van der Waals surface area contributed by atoms with E-state index in [9.17, 15) is 18.8 Å². The van der Waals surface area contributed by atoms with E-state index >= 15 is 0 Å². The van der Waals surface area contributed by atoms with E-state index < -0.39 is 29.6 Å². The van der Waals surface area contributed by atoms with Gasteiger partial charge in [0.05, 0.1) is 5.56 Å². The third kappa shape index (κ3) is 2.40. The number of rotatable bonds is 1. The van der Waals surface area contributed by atoms with Gasteiger partial charge in [-0.15, -0.1) is 0 Å². The summed E-state index contributed by atoms with van der Waals surface area (Å²) >= 11 is 0. The van der Waals surface area contributed by atoms with E-state index in [-0.39, 0.29) is 17.8 Å². The van der Waals surface area contributed by atoms with Crippen molar-refractivity contribution in [2.75, 3.05) is 12.3 Å². The van der Waals surface area contributed by atoms with E-state index in [1.165, 1.54) is 13.0 Å². The molecule has 0 radical (unpaired) electrons. The summed E-state index contributed by atoms with van der Waals surface area (Å²) in [6.07, 6.45) is 0. The molecule has 1 atom stereocenters. The first-order valence-electron chi connectivity index (χ1n) is 5.60. The maximum absolute atomic E-state index is 13.2. The van der Waals surface area contributed by atoms with Gasteiger partial charge in [0, 0.05) is 5.69 Å². The number of carbonyl (C=O) groups is 3. The van der Waals surface area contributed by atoms with Crippen LogP contribution in [0.25, 0.3) is 0 Å². The van der Waals surface area contributed by atoms with Gasteiger partial charge < -0.3 is 10.6 Å². The molecule has 1 heterocycles. The van der Waals surface area contributed by atoms with Gasteiger partial charge in [-0.3, -0.25) is 19.7 Å². The lowest BCUT2D eigenvalue weighted by Gasteiger charge is -2.31. The van der Waals surface area contributed by atoms with Crippen molar-refractivity contribution in [1.82, 2.24) is 10.2 Å². The van der Waals surface area contributed by atoms with Crippen molar-refractivity contribution < 1.29 is 18.8 Å². The number of amides is 3. The molecule has 0 bridgehead atoms. The molecule has 0 aromatic heterocycles. The molecule has 1 saturated heterocycles. The molecular weight excluding hydrogens is 253 g/mol. The first kappa shape index (κ1) is 13.0. The Morgan fingerprint density at radius 1 is 1.47 bits per heavy atom. The van der Waals surface area contributed by atoms with E-state index in [0.717, 1.165) is 17.0 Å². The van der Waals surface area contributed by atoms with E-state index in [1.807, 2.05) is 0 Å². The Morgan fingerprint density at radius 2 is 2.16 bits per heavy atom. The number of nitrogen functional groups attached to an aromatic ring is 1. The molecule has 0 saturated carbocycles. The average Bonchev–Trinajstić information content (AvgIpc) is 2.36. The van der Waals surface area contributed by atoms with Gasteiger partial charge in [0.2, 0.25) is 11.8 Å². The highest BCUT2D eigenvalue weighted by atomic mass is 19.1. The average molecular weight is 265 g/mol. The molecule has 3 amide bonds. The fourth-order valence-electron chi connectivity index (χ4n) is 1.83. The highest BCUT2D eigenvalue weighted by Gasteiger charge is 2.34. The molecule has 1 aliphatic heterocycles. The second-order valence-electron chi connectivity index (χ2n) is 4.25. The zero-order valence-electron chi connectivity index (χ0n) is 10.1. The summed E-state index contributed by atoms with van der Waals surface area (Å²) < 4.78 is 13.2. The van der Waals surface area contributed by atoms with Crippen LogP contribution in [0.3, 0.4) is 0 Å². The second kappa shape index (κ2) is 4.68. The minimum Gasteiger partial charge on any atom is -0.398 e. The largest absolute Gasteiger partial charge is 0.398 e. The fraction of sp³-hybridized carbons (Fsp3) is 0.250. The summed E-state index contributed by atoms with van der Waals surface area (Å²) in [6, 6.07) is 2.57. The third-order valence-electron chi connectivity index (χ3n) is 2.93. The molecule has 1 aliphatic rings. The summed E-state index contributed by atoms with van der Waals surface area (Å²) in [4.78, 5) is 36.0. The number of nitrogens with two attached hydrogens (primary N) is 1. The van der Waals surface area contributed by atoms with E-state index in [1.54, 1.807) is 0 Å². The Balaban J connectivity index is 2.35. The van der Waals surface area contributed by atoms with Crippen LogP contribution in [0.2, 0.25) is 0 Å². The summed E-state index contributed by atoms with van der Waals surface area (Å²) in [6.45, 7) is 1.22. The number of piperazine rings is 1. The number of nitrogens with zero attached hydrogens (tertiary/aromatic N) is 1. The molecule has 3 N–H and O–H groups in total. The molecule has 100 valence electrons. The zero-order valence-corrected chi connectivity index (χ0v) is 10.1. The Labute approximate surface area is 108 Å². The van der Waals surface area contributed by atoms with Crippen molar-refractivity contribution in [1.29, 1.82) is 0 Å². The molecule has 7 heteroatoms. The summed E-state index contributed by atoms with van der Waals surface area (Å²) in [7, 11) is 0. The van der Waals surface area contributed by atoms with Gasteiger partial charge in [0.25, 0.3) is 5.91 Å². The van der Waals surface area contributed by atoms with E-state index in [0.29, 0.717) is 0 Å². The van der Waals surface area contributed by atoms with Crippen molar-refractivity contribution in [3.8, 4) is 0 Å². The first-order valence-corrected chi connectivity index (χ1v) is 5.60. The van der Waals surface area contributed by atoms with Crippen LogP contribution in [0.15, 0.2) is 18.2 Å². The van der Waals surface area contributed by atoms with E-state index in [4.69, 9.17) is 5.73 Å². The predicted molar refractivity (Wildman–Crippen MR) is 64.5 cm³/mol. The van der Waals surface area contributed by atoms with Crippen molar-refractivity contribution in [2.24, 2.45) is 0 Å². The Hall–Kier alpha value is -2.44. The number of imide groups is 1. The first-order chi connectivity index (χ1) is 8.90. The van der Waals surface area contributed by atoms with Gasteiger partial charge in [-0.1, -0.05) is 0 Å². The van der Waals surface area contributed by atoms with Crippen LogP contribution in [-0.2, 0) is 9.59 Å². The summed E-state index contributed by atoms with van der Waals surface area (Å²) in [5, 5.41) is 2.11. The highest BCUT2D eigenvalue weighted by molar-refractivity contribution is 6.08. The molecular formula is C12H12FN3O3. The summed E-state index contributed by atoms with van der Waals surface area (Å²) in [5.74, 6) is -2.41. The summed E-state index contributed by atoms with van der Waals surface area (Å²) in [5.41, 5.74) is 5.65. The number of hydrogen-bond acceptors (Lipinski definition) is 4. The highest BCUT2D eigenvalue weighted by Crippen LogP contribution is 2.18. The number of nitrogens with one attached hydrogen (secondary N) is 1. The van der Waals surface area contributed by atoms with Crippen LogP contribution < -0.4 is 11.1 Å². The van der Waals surface area contributed by atoms with Gasteiger partial charge >= 0.3 is 0 Å². The van der Waals surface area contributed by atoms with Crippen LogP contribution in [0, 0.1) is 5.82 Å². The Bertz CT molecular complexity index is 573. The molecule has 1 aromatic carbocycles. The van der Waals surface area contributed by atoms with Crippen molar-refractivity contribution in [2.45, 2.75) is 13.0 Å². The van der Waals surface area contributed by atoms with Crippen LogP contribution >= 0.6 is 0 Å². The molecule has 1 unspecified atom stereocenters. The SMILES string of the molecule is CC1C(=O)NC(=O)CN1C(=O)c1cc(F)ccc1N. The minimum absolute atomic E-state index is 0.0608. The van der Waals surface area contributed by atoms with Crippen molar-refractivity contribution in [3.63, 3.8) is 0 Å². The number of hydrogen-bond donors (Lipinski definition) is 2. The smallest absolute Gasteiger partial charge is 0.257 e. The molecule has 6 nitrogen and oxygen atoms in total. The quantitative estimate of drug-likeness (QED) is 0.547. The van der Waals surface area contributed by atoms with Gasteiger partial charge in [-0.2, -0.15) is 0 Å². The molecule has 19 heavy (non-hydrogen) atoms. The van der Waals surface area contributed by atoms with Gasteiger partial charge in [0.1, 0.15) is 18.4 Å². The molecule has 1 fully saturated rings. The zero-order chi connectivity index (χ0) is 14.2. The Kier molecular flexibility index (Phi) is 3.20. The lowest BCUT2D eigenvalue weighted by atomic mass is 10.1.